The molecule has 0 bridgehead atoms. The van der Waals surface area contributed by atoms with Gasteiger partial charge in [0.25, 0.3) is 0 Å². The molecular formula is C11H21NO2. The number of carbonyl (C=O) groups is 1. The number of esters is 1. The van der Waals surface area contributed by atoms with Crippen molar-refractivity contribution in [2.75, 3.05) is 13.7 Å². The second-order valence-corrected chi connectivity index (χ2v) is 5.03. The van der Waals surface area contributed by atoms with Gasteiger partial charge < -0.3 is 10.1 Å². The molecule has 0 aromatic heterocycles. The number of hydrogen-bond acceptors (Lipinski definition) is 3. The predicted octanol–water partition coefficient (Wildman–Crippen LogP) is 1.72. The number of hydrogen-bond donors (Lipinski definition) is 1. The Hall–Kier alpha value is -0.570. The highest BCUT2D eigenvalue weighted by Crippen LogP contribution is 2.37. The quantitative estimate of drug-likeness (QED) is 0.653. The van der Waals surface area contributed by atoms with E-state index in [2.05, 4.69) is 26.1 Å². The van der Waals surface area contributed by atoms with Gasteiger partial charge in [0.2, 0.25) is 0 Å². The minimum atomic E-state index is -0.486. The van der Waals surface area contributed by atoms with E-state index in [1.54, 1.807) is 0 Å². The molecule has 1 atom stereocenters. The second-order valence-electron chi connectivity index (χ2n) is 5.03. The van der Waals surface area contributed by atoms with Crippen molar-refractivity contribution in [3.05, 3.63) is 0 Å². The number of piperidine rings is 1. The molecule has 0 saturated carbocycles. The van der Waals surface area contributed by atoms with Gasteiger partial charge in [-0.25, -0.2) is 0 Å². The molecule has 1 fully saturated rings. The van der Waals surface area contributed by atoms with Gasteiger partial charge in [0, 0.05) is 0 Å². The van der Waals surface area contributed by atoms with Crippen LogP contribution in [0.3, 0.4) is 0 Å². The summed E-state index contributed by atoms with van der Waals surface area (Å²) in [6, 6.07) is 0. The molecule has 0 aliphatic carbocycles. The summed E-state index contributed by atoms with van der Waals surface area (Å²) in [7, 11) is 1.46. The van der Waals surface area contributed by atoms with Crippen molar-refractivity contribution in [1.29, 1.82) is 0 Å². The zero-order valence-electron chi connectivity index (χ0n) is 9.64. The molecule has 1 unspecified atom stereocenters. The van der Waals surface area contributed by atoms with Crippen LogP contribution in [0.25, 0.3) is 0 Å². The van der Waals surface area contributed by atoms with Crippen LogP contribution in [-0.4, -0.2) is 25.2 Å². The Labute approximate surface area is 86.2 Å². The van der Waals surface area contributed by atoms with Crippen LogP contribution in [0, 0.1) is 5.41 Å². The second kappa shape index (κ2) is 3.89. The Bertz CT molecular complexity index is 212. The lowest BCUT2D eigenvalue weighted by atomic mass is 9.69. The minimum absolute atomic E-state index is 0.0967. The van der Waals surface area contributed by atoms with Crippen LogP contribution in [0.1, 0.15) is 40.0 Å². The summed E-state index contributed by atoms with van der Waals surface area (Å²) in [5.41, 5.74) is -0.583. The molecule has 1 saturated heterocycles. The number of rotatable bonds is 1. The maximum Gasteiger partial charge on any atom is 0.326 e. The zero-order valence-corrected chi connectivity index (χ0v) is 9.64. The summed E-state index contributed by atoms with van der Waals surface area (Å²) in [6.45, 7) is 7.17. The molecular weight excluding hydrogens is 178 g/mol. The fourth-order valence-corrected chi connectivity index (χ4v) is 2.20. The number of carbonyl (C=O) groups excluding carboxylic acids is 1. The molecule has 82 valence electrons. The Morgan fingerprint density at radius 1 is 1.36 bits per heavy atom. The summed E-state index contributed by atoms with van der Waals surface area (Å²) in [6.07, 6.45) is 3.12. The average Bonchev–Trinajstić information content (AvgIpc) is 2.16. The third-order valence-corrected chi connectivity index (χ3v) is 3.22. The van der Waals surface area contributed by atoms with Gasteiger partial charge in [-0.2, -0.15) is 0 Å². The summed E-state index contributed by atoms with van der Waals surface area (Å²) in [5, 5.41) is 3.35. The molecule has 1 aliphatic heterocycles. The van der Waals surface area contributed by atoms with E-state index in [0.29, 0.717) is 0 Å². The molecule has 0 amide bonds. The van der Waals surface area contributed by atoms with Crippen LogP contribution in [0.15, 0.2) is 0 Å². The first-order valence-corrected chi connectivity index (χ1v) is 5.27. The van der Waals surface area contributed by atoms with Gasteiger partial charge in [-0.1, -0.05) is 20.8 Å². The molecule has 0 aromatic carbocycles. The van der Waals surface area contributed by atoms with Crippen LogP contribution < -0.4 is 5.32 Å². The maximum absolute atomic E-state index is 11.9. The van der Waals surface area contributed by atoms with E-state index in [-0.39, 0.29) is 11.4 Å². The molecule has 0 aromatic rings. The lowest BCUT2D eigenvalue weighted by molar-refractivity contribution is -0.155. The lowest BCUT2D eigenvalue weighted by Gasteiger charge is -2.45. The first-order valence-electron chi connectivity index (χ1n) is 5.27. The Morgan fingerprint density at radius 3 is 2.36 bits per heavy atom. The normalized spacial score (nSPS) is 28.6. The van der Waals surface area contributed by atoms with E-state index < -0.39 is 5.54 Å². The van der Waals surface area contributed by atoms with Crippen molar-refractivity contribution in [2.24, 2.45) is 5.41 Å². The first kappa shape index (κ1) is 11.5. The molecule has 3 nitrogen and oxygen atoms in total. The molecule has 1 rings (SSSR count). The van der Waals surface area contributed by atoms with Gasteiger partial charge in [0.05, 0.1) is 7.11 Å². The largest absolute Gasteiger partial charge is 0.468 e. The molecule has 1 aliphatic rings. The van der Waals surface area contributed by atoms with Crippen molar-refractivity contribution < 1.29 is 9.53 Å². The number of nitrogens with one attached hydrogen (secondary N) is 1. The van der Waals surface area contributed by atoms with Gasteiger partial charge in [-0.15, -0.1) is 0 Å². The van der Waals surface area contributed by atoms with Crippen molar-refractivity contribution in [1.82, 2.24) is 5.32 Å². The summed E-state index contributed by atoms with van der Waals surface area (Å²) >= 11 is 0. The maximum atomic E-state index is 11.9. The van der Waals surface area contributed by atoms with E-state index in [1.807, 2.05) is 0 Å². The molecule has 14 heavy (non-hydrogen) atoms. The van der Waals surface area contributed by atoms with Crippen LogP contribution in [0.5, 0.6) is 0 Å². The van der Waals surface area contributed by atoms with Crippen LogP contribution in [0.2, 0.25) is 0 Å². The van der Waals surface area contributed by atoms with Gasteiger partial charge in [0.15, 0.2) is 0 Å². The van der Waals surface area contributed by atoms with E-state index in [9.17, 15) is 4.79 Å². The van der Waals surface area contributed by atoms with Crippen LogP contribution in [-0.2, 0) is 9.53 Å². The van der Waals surface area contributed by atoms with E-state index >= 15 is 0 Å². The molecule has 1 N–H and O–H groups in total. The Morgan fingerprint density at radius 2 is 2.00 bits per heavy atom. The average molecular weight is 199 g/mol. The van der Waals surface area contributed by atoms with Crippen molar-refractivity contribution in [2.45, 2.75) is 45.6 Å². The van der Waals surface area contributed by atoms with Gasteiger partial charge in [-0.3, -0.25) is 4.79 Å². The van der Waals surface area contributed by atoms with Crippen LogP contribution in [0.4, 0.5) is 0 Å². The number of ether oxygens (including phenoxy) is 1. The molecule has 3 heteroatoms. The highest BCUT2D eigenvalue weighted by Gasteiger charge is 2.49. The molecule has 0 radical (unpaired) electrons. The topological polar surface area (TPSA) is 38.3 Å². The standard InChI is InChI=1S/C11H21NO2/c1-10(2,3)11(9(13)14-4)7-5-6-8-12-11/h12H,5-8H2,1-4H3. The summed E-state index contributed by atoms with van der Waals surface area (Å²) in [5.74, 6) is -0.121. The monoisotopic (exact) mass is 199 g/mol. The van der Waals surface area contributed by atoms with Crippen molar-refractivity contribution in [3.8, 4) is 0 Å². The van der Waals surface area contributed by atoms with Crippen molar-refractivity contribution in [3.63, 3.8) is 0 Å². The fourth-order valence-electron chi connectivity index (χ4n) is 2.20. The van der Waals surface area contributed by atoms with Crippen LogP contribution >= 0.6 is 0 Å². The highest BCUT2D eigenvalue weighted by atomic mass is 16.5. The highest BCUT2D eigenvalue weighted by molar-refractivity contribution is 5.82. The first-order chi connectivity index (χ1) is 6.44. The fraction of sp³-hybridized carbons (Fsp3) is 0.909. The van der Waals surface area contributed by atoms with Gasteiger partial charge >= 0.3 is 5.97 Å². The predicted molar refractivity (Wildman–Crippen MR) is 56.1 cm³/mol. The minimum Gasteiger partial charge on any atom is -0.468 e. The third kappa shape index (κ3) is 1.78. The Balaban J connectivity index is 2.94. The van der Waals surface area contributed by atoms with Gasteiger partial charge in [-0.05, 0) is 31.2 Å². The molecule has 1 heterocycles. The Kier molecular flexibility index (Phi) is 3.20. The summed E-state index contributed by atoms with van der Waals surface area (Å²) in [4.78, 5) is 11.9. The zero-order chi connectivity index (χ0) is 10.8. The SMILES string of the molecule is COC(=O)C1(C(C)(C)C)CCCCN1. The third-order valence-electron chi connectivity index (χ3n) is 3.22. The van der Waals surface area contributed by atoms with Gasteiger partial charge in [0.1, 0.15) is 5.54 Å². The van der Waals surface area contributed by atoms with Crippen molar-refractivity contribution >= 4 is 5.97 Å². The number of methoxy groups -OCH3 is 1. The smallest absolute Gasteiger partial charge is 0.326 e. The van der Waals surface area contributed by atoms with E-state index in [4.69, 9.17) is 4.74 Å². The van der Waals surface area contributed by atoms with E-state index in [0.717, 1.165) is 25.8 Å². The summed E-state index contributed by atoms with van der Waals surface area (Å²) < 4.78 is 4.92. The lowest BCUT2D eigenvalue weighted by Crippen LogP contribution is -2.62. The molecule has 0 spiro atoms. The van der Waals surface area contributed by atoms with E-state index in [1.165, 1.54) is 7.11 Å².